The predicted octanol–water partition coefficient (Wildman–Crippen LogP) is 2.85. The first-order valence-corrected chi connectivity index (χ1v) is 6.77. The molecule has 1 aliphatic rings. The summed E-state index contributed by atoms with van der Waals surface area (Å²) in [6, 6.07) is 3.93. The number of likely N-dealkylation sites (tertiary alicyclic amines) is 1. The first-order chi connectivity index (χ1) is 8.72. The smallest absolute Gasteiger partial charge is 0.162 e. The minimum Gasteiger partial charge on any atom is -0.331 e. The number of aromatic nitrogens is 3. The average Bonchev–Trinajstić information content (AvgIpc) is 2.74. The Bertz CT molecular complexity index is 547. The molecule has 19 heavy (non-hydrogen) atoms. The van der Waals surface area contributed by atoms with E-state index in [0.29, 0.717) is 5.15 Å². The molecular formula is C13H18Cl2N4. The van der Waals surface area contributed by atoms with E-state index in [1.165, 1.54) is 25.9 Å². The Labute approximate surface area is 124 Å². The Morgan fingerprint density at radius 2 is 2.05 bits per heavy atom. The highest BCUT2D eigenvalue weighted by molar-refractivity contribution is 6.29. The van der Waals surface area contributed by atoms with Gasteiger partial charge in [-0.05, 0) is 51.0 Å². The number of hydrogen-bond donors (Lipinski definition) is 0. The number of fused-ring (bicyclic) bond motifs is 1. The zero-order valence-corrected chi connectivity index (χ0v) is 12.5. The number of piperidine rings is 1. The molecule has 1 saturated heterocycles. The molecule has 0 atom stereocenters. The second-order valence-electron chi connectivity index (χ2n) is 5.16. The maximum absolute atomic E-state index is 5.85. The van der Waals surface area contributed by atoms with Crippen molar-refractivity contribution in [2.75, 3.05) is 20.1 Å². The fourth-order valence-electron chi connectivity index (χ4n) is 2.63. The molecule has 0 aliphatic carbocycles. The van der Waals surface area contributed by atoms with Gasteiger partial charge in [0.1, 0.15) is 0 Å². The van der Waals surface area contributed by atoms with E-state index in [9.17, 15) is 0 Å². The maximum atomic E-state index is 5.85. The second kappa shape index (κ2) is 6.07. The molecule has 1 aliphatic heterocycles. The van der Waals surface area contributed by atoms with Crippen molar-refractivity contribution in [3.63, 3.8) is 0 Å². The summed E-state index contributed by atoms with van der Waals surface area (Å²) in [7, 11) is 2.19. The Morgan fingerprint density at radius 3 is 2.79 bits per heavy atom. The molecule has 2 aromatic heterocycles. The highest BCUT2D eigenvalue weighted by atomic mass is 35.5. The Morgan fingerprint density at radius 1 is 1.32 bits per heavy atom. The molecule has 0 amide bonds. The second-order valence-corrected chi connectivity index (χ2v) is 5.55. The summed E-state index contributed by atoms with van der Waals surface area (Å²) in [5.74, 6) is 0.745. The third-order valence-corrected chi connectivity index (χ3v) is 3.96. The van der Waals surface area contributed by atoms with Gasteiger partial charge in [-0.3, -0.25) is 0 Å². The number of rotatable bonds is 2. The molecule has 0 aromatic carbocycles. The van der Waals surface area contributed by atoms with Crippen molar-refractivity contribution in [2.24, 2.45) is 5.92 Å². The van der Waals surface area contributed by atoms with Gasteiger partial charge in [0.05, 0.1) is 0 Å². The van der Waals surface area contributed by atoms with Crippen LogP contribution in [0.15, 0.2) is 18.3 Å². The van der Waals surface area contributed by atoms with Gasteiger partial charge in [0.25, 0.3) is 0 Å². The van der Waals surface area contributed by atoms with Crippen molar-refractivity contribution in [1.29, 1.82) is 0 Å². The van der Waals surface area contributed by atoms with E-state index < -0.39 is 0 Å². The molecule has 0 N–H and O–H groups in total. The summed E-state index contributed by atoms with van der Waals surface area (Å²) < 4.78 is 2.20. The van der Waals surface area contributed by atoms with E-state index in [0.717, 1.165) is 23.5 Å². The molecule has 6 heteroatoms. The molecule has 0 bridgehead atoms. The molecule has 3 rings (SSSR count). The third-order valence-electron chi connectivity index (χ3n) is 3.77. The largest absolute Gasteiger partial charge is 0.331 e. The monoisotopic (exact) mass is 300 g/mol. The van der Waals surface area contributed by atoms with Crippen LogP contribution >= 0.6 is 24.0 Å². The fraction of sp³-hybridized carbons (Fsp3) is 0.538. The Balaban J connectivity index is 0.00000133. The van der Waals surface area contributed by atoms with Crippen LogP contribution in [0.1, 0.15) is 12.8 Å². The van der Waals surface area contributed by atoms with E-state index in [2.05, 4.69) is 39.0 Å². The summed E-state index contributed by atoms with van der Waals surface area (Å²) >= 11 is 5.85. The van der Waals surface area contributed by atoms with Crippen LogP contribution in [0.25, 0.3) is 11.0 Å². The van der Waals surface area contributed by atoms with Gasteiger partial charge in [0.15, 0.2) is 10.8 Å². The molecule has 0 unspecified atom stereocenters. The minimum absolute atomic E-state index is 0. The molecule has 4 nitrogen and oxygen atoms in total. The topological polar surface area (TPSA) is 34.0 Å². The standard InChI is InChI=1S/C13H17ClN4.ClH/c1-17-5-2-10(3-6-17)9-18-7-4-11-8-12(14)15-16-13(11)18;/h4,7-8,10H,2-3,5-6,9H2,1H3;1H. The van der Waals surface area contributed by atoms with Gasteiger partial charge in [-0.1, -0.05) is 11.6 Å². The molecule has 0 spiro atoms. The lowest BCUT2D eigenvalue weighted by molar-refractivity contribution is 0.206. The summed E-state index contributed by atoms with van der Waals surface area (Å²) in [6.45, 7) is 3.43. The fourth-order valence-corrected chi connectivity index (χ4v) is 2.79. The van der Waals surface area contributed by atoms with Crippen LogP contribution in [0, 0.1) is 5.92 Å². The van der Waals surface area contributed by atoms with Crippen LogP contribution < -0.4 is 0 Å². The van der Waals surface area contributed by atoms with Crippen molar-refractivity contribution in [3.05, 3.63) is 23.5 Å². The first-order valence-electron chi connectivity index (χ1n) is 6.39. The predicted molar refractivity (Wildman–Crippen MR) is 80.0 cm³/mol. The zero-order chi connectivity index (χ0) is 12.5. The third kappa shape index (κ3) is 3.19. The molecule has 3 heterocycles. The molecule has 1 fully saturated rings. The van der Waals surface area contributed by atoms with Crippen molar-refractivity contribution < 1.29 is 0 Å². The lowest BCUT2D eigenvalue weighted by atomic mass is 9.97. The maximum Gasteiger partial charge on any atom is 0.162 e. The number of halogens is 2. The van der Waals surface area contributed by atoms with Crippen LogP contribution in [0.3, 0.4) is 0 Å². The molecule has 104 valence electrons. The minimum atomic E-state index is 0. The van der Waals surface area contributed by atoms with Crippen LogP contribution in [0.2, 0.25) is 5.15 Å². The van der Waals surface area contributed by atoms with Crippen molar-refractivity contribution in [2.45, 2.75) is 19.4 Å². The SMILES string of the molecule is CN1CCC(Cn2ccc3cc(Cl)nnc32)CC1.Cl. The Hall–Kier alpha value is -0.840. The van der Waals surface area contributed by atoms with Gasteiger partial charge in [0, 0.05) is 18.1 Å². The summed E-state index contributed by atoms with van der Waals surface area (Å²) in [5, 5.41) is 9.65. The highest BCUT2D eigenvalue weighted by Crippen LogP contribution is 2.21. The summed E-state index contributed by atoms with van der Waals surface area (Å²) in [5.41, 5.74) is 0.943. The first kappa shape index (κ1) is 14.6. The molecule has 2 aromatic rings. The van der Waals surface area contributed by atoms with E-state index in [1.807, 2.05) is 6.07 Å². The van der Waals surface area contributed by atoms with E-state index in [1.54, 1.807) is 0 Å². The molecule has 0 radical (unpaired) electrons. The van der Waals surface area contributed by atoms with Crippen molar-refractivity contribution in [1.82, 2.24) is 19.7 Å². The van der Waals surface area contributed by atoms with Crippen molar-refractivity contribution >= 4 is 35.0 Å². The van der Waals surface area contributed by atoms with E-state index in [-0.39, 0.29) is 12.4 Å². The summed E-state index contributed by atoms with van der Waals surface area (Å²) in [6.07, 6.45) is 4.61. The molecule has 0 saturated carbocycles. The van der Waals surface area contributed by atoms with Crippen molar-refractivity contribution in [3.8, 4) is 0 Å². The van der Waals surface area contributed by atoms with Crippen LogP contribution in [-0.4, -0.2) is 39.8 Å². The quantitative estimate of drug-likeness (QED) is 0.855. The number of nitrogens with zero attached hydrogens (tertiary/aromatic N) is 4. The highest BCUT2D eigenvalue weighted by Gasteiger charge is 2.17. The lowest BCUT2D eigenvalue weighted by Gasteiger charge is -2.29. The average molecular weight is 301 g/mol. The number of hydrogen-bond acceptors (Lipinski definition) is 3. The van der Waals surface area contributed by atoms with Gasteiger partial charge in [-0.25, -0.2) is 0 Å². The van der Waals surface area contributed by atoms with Gasteiger partial charge in [-0.2, -0.15) is 0 Å². The zero-order valence-electron chi connectivity index (χ0n) is 10.9. The normalized spacial score (nSPS) is 17.6. The molecular weight excluding hydrogens is 283 g/mol. The Kier molecular flexibility index (Phi) is 4.66. The van der Waals surface area contributed by atoms with Crippen LogP contribution in [0.4, 0.5) is 0 Å². The summed E-state index contributed by atoms with van der Waals surface area (Å²) in [4.78, 5) is 2.39. The van der Waals surface area contributed by atoms with Crippen LogP contribution in [0.5, 0.6) is 0 Å². The van der Waals surface area contributed by atoms with Gasteiger partial charge in [0.2, 0.25) is 0 Å². The van der Waals surface area contributed by atoms with Crippen LogP contribution in [-0.2, 0) is 6.54 Å². The lowest BCUT2D eigenvalue weighted by Crippen LogP contribution is -2.31. The van der Waals surface area contributed by atoms with Gasteiger partial charge in [-0.15, -0.1) is 22.6 Å². The van der Waals surface area contributed by atoms with E-state index in [4.69, 9.17) is 11.6 Å². The van der Waals surface area contributed by atoms with E-state index >= 15 is 0 Å². The van der Waals surface area contributed by atoms with Gasteiger partial charge < -0.3 is 9.47 Å². The van der Waals surface area contributed by atoms with Gasteiger partial charge >= 0.3 is 0 Å².